The smallest absolute Gasteiger partial charge is 0.407 e. The zero-order chi connectivity index (χ0) is 16.2. The van der Waals surface area contributed by atoms with Crippen LogP contribution >= 0.6 is 11.6 Å². The van der Waals surface area contributed by atoms with Gasteiger partial charge in [-0.15, -0.1) is 0 Å². The van der Waals surface area contributed by atoms with E-state index in [4.69, 9.17) is 16.3 Å². The van der Waals surface area contributed by atoms with E-state index in [9.17, 15) is 4.79 Å². The monoisotopic (exact) mass is 325 g/mol. The van der Waals surface area contributed by atoms with Gasteiger partial charge in [0.1, 0.15) is 5.60 Å². The van der Waals surface area contributed by atoms with Crippen LogP contribution in [0.5, 0.6) is 0 Å². The summed E-state index contributed by atoms with van der Waals surface area (Å²) in [4.78, 5) is 18.0. The molecule has 122 valence electrons. The van der Waals surface area contributed by atoms with Gasteiger partial charge in [-0.1, -0.05) is 11.6 Å². The van der Waals surface area contributed by atoms with Gasteiger partial charge < -0.3 is 15.0 Å². The highest BCUT2D eigenvalue weighted by Gasteiger charge is 2.22. The first-order valence-electron chi connectivity index (χ1n) is 7.67. The molecule has 0 atom stereocenters. The van der Waals surface area contributed by atoms with Crippen LogP contribution in [-0.4, -0.2) is 36.3 Å². The first-order chi connectivity index (χ1) is 10.3. The lowest BCUT2D eigenvalue weighted by atomic mass is 9.96. The summed E-state index contributed by atoms with van der Waals surface area (Å²) in [5.74, 6) is 0.471. The Morgan fingerprint density at radius 2 is 2.14 bits per heavy atom. The predicted octanol–water partition coefficient (Wildman–Crippen LogP) is 3.48. The summed E-state index contributed by atoms with van der Waals surface area (Å²) < 4.78 is 5.25. The Morgan fingerprint density at radius 3 is 2.73 bits per heavy atom. The molecule has 1 aromatic rings. The van der Waals surface area contributed by atoms with Gasteiger partial charge in [-0.2, -0.15) is 0 Å². The highest BCUT2D eigenvalue weighted by Crippen LogP contribution is 2.27. The molecule has 1 fully saturated rings. The molecule has 1 aromatic heterocycles. The molecular formula is C16H24ClN3O2. The van der Waals surface area contributed by atoms with Crippen molar-refractivity contribution in [1.29, 1.82) is 0 Å². The van der Waals surface area contributed by atoms with Crippen molar-refractivity contribution in [3.63, 3.8) is 0 Å². The lowest BCUT2D eigenvalue weighted by molar-refractivity contribution is 0.0517. The summed E-state index contributed by atoms with van der Waals surface area (Å²) in [5.41, 5.74) is 0.535. The molecule has 1 aliphatic heterocycles. The van der Waals surface area contributed by atoms with Crippen LogP contribution in [-0.2, 0) is 4.74 Å². The maximum absolute atomic E-state index is 11.7. The fourth-order valence-electron chi connectivity index (χ4n) is 2.53. The van der Waals surface area contributed by atoms with Crippen LogP contribution in [0.4, 0.5) is 10.5 Å². The van der Waals surface area contributed by atoms with Gasteiger partial charge in [-0.05, 0) is 51.7 Å². The number of pyridine rings is 1. The Labute approximate surface area is 137 Å². The number of alkyl carbamates (subject to hydrolysis) is 1. The summed E-state index contributed by atoms with van der Waals surface area (Å²) in [6, 6.07) is 3.89. The third-order valence-corrected chi connectivity index (χ3v) is 3.92. The first-order valence-corrected chi connectivity index (χ1v) is 8.05. The summed E-state index contributed by atoms with van der Waals surface area (Å²) >= 11 is 6.13. The number of halogens is 1. The molecule has 6 heteroatoms. The van der Waals surface area contributed by atoms with Crippen molar-refractivity contribution in [3.8, 4) is 0 Å². The number of nitrogens with zero attached hydrogens (tertiary/aromatic N) is 2. The molecule has 0 unspecified atom stereocenters. The molecule has 0 radical (unpaired) electrons. The third kappa shape index (κ3) is 5.05. The Balaban J connectivity index is 1.76. The van der Waals surface area contributed by atoms with E-state index in [2.05, 4.69) is 15.2 Å². The maximum atomic E-state index is 11.7. The lowest BCUT2D eigenvalue weighted by Gasteiger charge is -2.34. The number of piperidine rings is 1. The fraction of sp³-hybridized carbons (Fsp3) is 0.625. The molecular weight excluding hydrogens is 302 g/mol. The van der Waals surface area contributed by atoms with Crippen molar-refractivity contribution in [2.45, 2.75) is 39.2 Å². The highest BCUT2D eigenvalue weighted by atomic mass is 35.5. The zero-order valence-electron chi connectivity index (χ0n) is 13.4. The molecule has 22 heavy (non-hydrogen) atoms. The van der Waals surface area contributed by atoms with Gasteiger partial charge in [-0.25, -0.2) is 9.78 Å². The van der Waals surface area contributed by atoms with Gasteiger partial charge in [0.05, 0.1) is 5.69 Å². The van der Waals surface area contributed by atoms with Gasteiger partial charge in [0, 0.05) is 25.8 Å². The maximum Gasteiger partial charge on any atom is 0.407 e. The van der Waals surface area contributed by atoms with Gasteiger partial charge in [-0.3, -0.25) is 0 Å². The second kappa shape index (κ2) is 7.18. The van der Waals surface area contributed by atoms with Crippen molar-refractivity contribution in [1.82, 2.24) is 10.3 Å². The quantitative estimate of drug-likeness (QED) is 0.864. The number of anilines is 1. The van der Waals surface area contributed by atoms with Gasteiger partial charge in [0.15, 0.2) is 5.15 Å². The Kier molecular flexibility index (Phi) is 5.51. The van der Waals surface area contributed by atoms with Crippen LogP contribution in [0.3, 0.4) is 0 Å². The topological polar surface area (TPSA) is 54.5 Å². The van der Waals surface area contributed by atoms with Crippen molar-refractivity contribution < 1.29 is 9.53 Å². The second-order valence-electron chi connectivity index (χ2n) is 6.63. The number of nitrogens with one attached hydrogen (secondary N) is 1. The van der Waals surface area contributed by atoms with E-state index in [0.29, 0.717) is 17.6 Å². The first kappa shape index (κ1) is 16.9. The van der Waals surface area contributed by atoms with Crippen molar-refractivity contribution >= 4 is 23.4 Å². The van der Waals surface area contributed by atoms with Crippen LogP contribution in [0.1, 0.15) is 33.6 Å². The Morgan fingerprint density at radius 1 is 1.45 bits per heavy atom. The minimum Gasteiger partial charge on any atom is -0.444 e. The molecule has 0 bridgehead atoms. The molecule has 0 aromatic carbocycles. The number of hydrogen-bond donors (Lipinski definition) is 1. The van der Waals surface area contributed by atoms with E-state index < -0.39 is 5.60 Å². The third-order valence-electron chi connectivity index (χ3n) is 3.63. The van der Waals surface area contributed by atoms with Crippen molar-refractivity contribution in [2.24, 2.45) is 5.92 Å². The van der Waals surface area contributed by atoms with E-state index in [1.165, 1.54) is 0 Å². The van der Waals surface area contributed by atoms with Crippen LogP contribution < -0.4 is 10.2 Å². The lowest BCUT2D eigenvalue weighted by Crippen LogP contribution is -2.40. The zero-order valence-corrected chi connectivity index (χ0v) is 14.2. The molecule has 0 spiro atoms. The Bertz CT molecular complexity index is 508. The van der Waals surface area contributed by atoms with Gasteiger partial charge in [0.25, 0.3) is 0 Å². The molecule has 1 amide bonds. The number of ether oxygens (including phenoxy) is 1. The molecule has 1 saturated heterocycles. The van der Waals surface area contributed by atoms with Crippen LogP contribution in [0.25, 0.3) is 0 Å². The minimum atomic E-state index is -0.454. The molecule has 2 rings (SSSR count). The predicted molar refractivity (Wildman–Crippen MR) is 88.4 cm³/mol. The molecule has 2 heterocycles. The van der Waals surface area contributed by atoms with Crippen molar-refractivity contribution in [2.75, 3.05) is 24.5 Å². The van der Waals surface area contributed by atoms with Crippen LogP contribution in [0, 0.1) is 5.92 Å². The SMILES string of the molecule is CC(C)(C)OC(=O)NCC1CCN(c2cccnc2Cl)CC1. The fourth-order valence-corrected chi connectivity index (χ4v) is 2.77. The van der Waals surface area contributed by atoms with E-state index >= 15 is 0 Å². The summed E-state index contributed by atoms with van der Waals surface area (Å²) in [5, 5.41) is 3.41. The number of hydrogen-bond acceptors (Lipinski definition) is 4. The normalized spacial score (nSPS) is 16.5. The summed E-state index contributed by atoms with van der Waals surface area (Å²) in [7, 11) is 0. The number of aromatic nitrogens is 1. The Hall–Kier alpha value is -1.49. The van der Waals surface area contributed by atoms with Crippen molar-refractivity contribution in [3.05, 3.63) is 23.5 Å². The van der Waals surface area contributed by atoms with Crippen LogP contribution in [0.2, 0.25) is 5.15 Å². The number of carbonyl (C=O) groups excluding carboxylic acids is 1. The molecule has 0 aliphatic carbocycles. The summed E-state index contributed by atoms with van der Waals surface area (Å²) in [6.07, 6.45) is 3.39. The average Bonchev–Trinajstić information content (AvgIpc) is 2.45. The second-order valence-corrected chi connectivity index (χ2v) is 6.98. The molecule has 0 saturated carbocycles. The van der Waals surface area contributed by atoms with Gasteiger partial charge >= 0.3 is 6.09 Å². The minimum absolute atomic E-state index is 0.342. The highest BCUT2D eigenvalue weighted by molar-refractivity contribution is 6.32. The van der Waals surface area contributed by atoms with E-state index in [1.54, 1.807) is 6.20 Å². The van der Waals surface area contributed by atoms with Gasteiger partial charge in [0.2, 0.25) is 0 Å². The van der Waals surface area contributed by atoms with E-state index in [0.717, 1.165) is 31.6 Å². The average molecular weight is 326 g/mol. The molecule has 1 aliphatic rings. The number of amides is 1. The largest absolute Gasteiger partial charge is 0.444 e. The summed E-state index contributed by atoms with van der Waals surface area (Å²) in [6.45, 7) is 8.09. The molecule has 1 N–H and O–H groups in total. The van der Waals surface area contributed by atoms with E-state index in [-0.39, 0.29) is 6.09 Å². The number of rotatable bonds is 3. The van der Waals surface area contributed by atoms with Crippen LogP contribution in [0.15, 0.2) is 18.3 Å². The van der Waals surface area contributed by atoms with E-state index in [1.807, 2.05) is 32.9 Å². The standard InChI is InChI=1S/C16H24ClN3O2/c1-16(2,3)22-15(21)19-11-12-6-9-20(10-7-12)13-5-4-8-18-14(13)17/h4-5,8,12H,6-7,9-11H2,1-3H3,(H,19,21). The molecule has 5 nitrogen and oxygen atoms in total. The number of carbonyl (C=O) groups is 1.